The van der Waals surface area contributed by atoms with Crippen LogP contribution in [0.2, 0.25) is 10.0 Å². The van der Waals surface area contributed by atoms with Gasteiger partial charge in [0.2, 0.25) is 6.23 Å². The summed E-state index contributed by atoms with van der Waals surface area (Å²) in [5.74, 6) is 1.90. The molecule has 5 rings (SSSR count). The SMILES string of the molecule is COc1ccc(C2=NN3[C@H](C2)c2cc(Cl)cc(Cl)c2O[C@@H]3c2cc(Br)ccc2O)cc1OC. The Morgan fingerprint density at radius 3 is 2.58 bits per heavy atom. The molecule has 2 heterocycles. The first kappa shape index (κ1) is 22.2. The van der Waals surface area contributed by atoms with E-state index < -0.39 is 6.23 Å². The van der Waals surface area contributed by atoms with Crippen molar-refractivity contribution in [3.8, 4) is 23.0 Å². The number of methoxy groups -OCH3 is 2. The zero-order chi connectivity index (χ0) is 23.3. The fraction of sp³-hybridized carbons (Fsp3) is 0.208. The van der Waals surface area contributed by atoms with Crippen LogP contribution >= 0.6 is 39.1 Å². The van der Waals surface area contributed by atoms with Crippen LogP contribution < -0.4 is 14.2 Å². The van der Waals surface area contributed by atoms with Gasteiger partial charge >= 0.3 is 0 Å². The van der Waals surface area contributed by atoms with Crippen LogP contribution in [0.25, 0.3) is 0 Å². The number of benzene rings is 3. The number of halogens is 3. The summed E-state index contributed by atoms with van der Waals surface area (Å²) in [6.45, 7) is 0. The van der Waals surface area contributed by atoms with Gasteiger partial charge in [0, 0.05) is 27.0 Å². The molecule has 3 aromatic rings. The highest BCUT2D eigenvalue weighted by Gasteiger charge is 2.43. The Hall–Kier alpha value is -2.61. The standard InChI is InChI=1S/C24H19BrCl2N2O4/c1-31-21-6-3-12(7-22(21)32-2)18-11-19-15-9-14(26)10-17(27)23(15)33-24(29(19)28-18)16-8-13(25)4-5-20(16)30/h3-10,19,24,30H,11H2,1-2H3/t19-,24-/m1/s1. The van der Waals surface area contributed by atoms with E-state index in [-0.39, 0.29) is 11.8 Å². The lowest BCUT2D eigenvalue weighted by atomic mass is 9.95. The van der Waals surface area contributed by atoms with Crippen LogP contribution in [0.3, 0.4) is 0 Å². The fourth-order valence-electron chi connectivity index (χ4n) is 4.23. The van der Waals surface area contributed by atoms with Crippen molar-refractivity contribution in [1.29, 1.82) is 0 Å². The molecule has 0 saturated carbocycles. The normalized spacial score (nSPS) is 18.8. The quantitative estimate of drug-likeness (QED) is 0.391. The highest BCUT2D eigenvalue weighted by molar-refractivity contribution is 9.10. The van der Waals surface area contributed by atoms with Crippen molar-refractivity contribution in [2.45, 2.75) is 18.7 Å². The highest BCUT2D eigenvalue weighted by Crippen LogP contribution is 2.52. The molecule has 170 valence electrons. The lowest BCUT2D eigenvalue weighted by Gasteiger charge is -2.38. The van der Waals surface area contributed by atoms with Gasteiger partial charge in [-0.25, -0.2) is 5.01 Å². The van der Waals surface area contributed by atoms with Gasteiger partial charge in [-0.2, -0.15) is 5.10 Å². The maximum Gasteiger partial charge on any atom is 0.217 e. The van der Waals surface area contributed by atoms with Crippen LogP contribution in [0.5, 0.6) is 23.0 Å². The van der Waals surface area contributed by atoms with Crippen molar-refractivity contribution in [1.82, 2.24) is 5.01 Å². The van der Waals surface area contributed by atoms with Gasteiger partial charge < -0.3 is 19.3 Å². The molecule has 2 aliphatic heterocycles. The molecule has 1 N–H and O–H groups in total. The molecule has 0 amide bonds. The smallest absolute Gasteiger partial charge is 0.217 e. The minimum absolute atomic E-state index is 0.102. The van der Waals surface area contributed by atoms with Crippen LogP contribution in [0.4, 0.5) is 0 Å². The predicted octanol–water partition coefficient (Wildman–Crippen LogP) is 6.72. The summed E-state index contributed by atoms with van der Waals surface area (Å²) in [7, 11) is 3.20. The zero-order valence-electron chi connectivity index (χ0n) is 17.7. The monoisotopic (exact) mass is 548 g/mol. The average Bonchev–Trinajstić information content (AvgIpc) is 3.26. The lowest BCUT2D eigenvalue weighted by Crippen LogP contribution is -2.34. The van der Waals surface area contributed by atoms with Gasteiger partial charge in [-0.15, -0.1) is 0 Å². The molecule has 3 aromatic carbocycles. The van der Waals surface area contributed by atoms with Crippen LogP contribution in [0, 0.1) is 0 Å². The van der Waals surface area contributed by atoms with Crippen LogP contribution in [0.1, 0.15) is 35.4 Å². The largest absolute Gasteiger partial charge is 0.507 e. The Labute approximate surface area is 209 Å². The minimum atomic E-state index is -0.684. The van der Waals surface area contributed by atoms with Crippen molar-refractivity contribution < 1.29 is 19.3 Å². The molecule has 0 saturated heterocycles. The first-order chi connectivity index (χ1) is 15.9. The molecule has 0 radical (unpaired) electrons. The molecule has 0 unspecified atom stereocenters. The topological polar surface area (TPSA) is 63.5 Å². The number of phenolic OH excluding ortho intramolecular Hbond substituents is 1. The molecule has 0 fully saturated rings. The Morgan fingerprint density at radius 1 is 1.03 bits per heavy atom. The number of fused-ring (bicyclic) bond motifs is 3. The third kappa shape index (κ3) is 3.88. The Balaban J connectivity index is 1.64. The van der Waals surface area contributed by atoms with Crippen molar-refractivity contribution in [3.05, 3.63) is 79.7 Å². The van der Waals surface area contributed by atoms with Gasteiger partial charge in [0.15, 0.2) is 11.5 Å². The number of hydrazone groups is 1. The van der Waals surface area contributed by atoms with E-state index in [9.17, 15) is 5.11 Å². The van der Waals surface area contributed by atoms with E-state index in [4.69, 9.17) is 42.5 Å². The second kappa shape index (κ2) is 8.63. The predicted molar refractivity (Wildman–Crippen MR) is 131 cm³/mol. The maximum atomic E-state index is 10.6. The highest BCUT2D eigenvalue weighted by atomic mass is 79.9. The molecule has 0 aliphatic carbocycles. The first-order valence-electron chi connectivity index (χ1n) is 10.1. The van der Waals surface area contributed by atoms with Crippen molar-refractivity contribution >= 4 is 44.8 Å². The van der Waals surface area contributed by atoms with E-state index in [1.807, 2.05) is 35.3 Å². The van der Waals surface area contributed by atoms with Crippen LogP contribution in [-0.2, 0) is 0 Å². The summed E-state index contributed by atoms with van der Waals surface area (Å²) >= 11 is 16.3. The Bertz CT molecular complexity index is 1280. The molecule has 2 atom stereocenters. The number of hydrogen-bond acceptors (Lipinski definition) is 6. The van der Waals surface area contributed by atoms with Crippen LogP contribution in [0.15, 0.2) is 58.1 Å². The molecule has 0 spiro atoms. The molecule has 0 aromatic heterocycles. The van der Waals surface area contributed by atoms with E-state index in [1.54, 1.807) is 32.4 Å². The first-order valence-corrected chi connectivity index (χ1v) is 11.7. The van der Waals surface area contributed by atoms with Crippen molar-refractivity contribution in [2.75, 3.05) is 14.2 Å². The Morgan fingerprint density at radius 2 is 1.82 bits per heavy atom. The number of aromatic hydroxyl groups is 1. The Kier molecular flexibility index (Phi) is 5.80. The number of phenols is 1. The summed E-state index contributed by atoms with van der Waals surface area (Å²) in [6, 6.07) is 14.2. The summed E-state index contributed by atoms with van der Waals surface area (Å²) in [6.07, 6.45) is -0.0929. The van der Waals surface area contributed by atoms with Crippen molar-refractivity contribution in [3.63, 3.8) is 0 Å². The van der Waals surface area contributed by atoms with Gasteiger partial charge in [-0.1, -0.05) is 39.1 Å². The van der Waals surface area contributed by atoms with Gasteiger partial charge in [-0.05, 0) is 48.5 Å². The van der Waals surface area contributed by atoms with Gasteiger partial charge in [0.1, 0.15) is 11.5 Å². The molecule has 0 bridgehead atoms. The number of hydrogen-bond donors (Lipinski definition) is 1. The van der Waals surface area contributed by atoms with E-state index >= 15 is 0 Å². The van der Waals surface area contributed by atoms with E-state index in [0.717, 1.165) is 21.3 Å². The second-order valence-corrected chi connectivity index (χ2v) is 9.46. The molecule has 2 aliphatic rings. The maximum absolute atomic E-state index is 10.6. The van der Waals surface area contributed by atoms with E-state index in [1.165, 1.54) is 0 Å². The number of ether oxygens (including phenoxy) is 3. The molecule has 9 heteroatoms. The van der Waals surface area contributed by atoms with Crippen molar-refractivity contribution in [2.24, 2.45) is 5.10 Å². The van der Waals surface area contributed by atoms with E-state index in [0.29, 0.717) is 39.3 Å². The summed E-state index contributed by atoms with van der Waals surface area (Å²) in [5.41, 5.74) is 3.16. The third-order valence-corrected chi connectivity index (χ3v) is 6.77. The number of nitrogens with zero attached hydrogens (tertiary/aromatic N) is 2. The fourth-order valence-corrected chi connectivity index (χ4v) is 5.17. The molecular weight excluding hydrogens is 531 g/mol. The lowest BCUT2D eigenvalue weighted by molar-refractivity contribution is -0.0202. The van der Waals surface area contributed by atoms with Gasteiger partial charge in [-0.3, -0.25) is 0 Å². The summed E-state index contributed by atoms with van der Waals surface area (Å²) in [5, 5.41) is 18.3. The van der Waals surface area contributed by atoms with Gasteiger partial charge in [0.05, 0.1) is 36.6 Å². The molecule has 6 nitrogen and oxygen atoms in total. The summed E-state index contributed by atoms with van der Waals surface area (Å²) in [4.78, 5) is 0. The molecular formula is C24H19BrCl2N2O4. The van der Waals surface area contributed by atoms with Crippen LogP contribution in [-0.4, -0.2) is 30.0 Å². The average molecular weight is 550 g/mol. The molecule has 33 heavy (non-hydrogen) atoms. The van der Waals surface area contributed by atoms with Gasteiger partial charge in [0.25, 0.3) is 0 Å². The second-order valence-electron chi connectivity index (χ2n) is 7.70. The zero-order valence-corrected chi connectivity index (χ0v) is 20.8. The summed E-state index contributed by atoms with van der Waals surface area (Å²) < 4.78 is 18.0. The number of rotatable bonds is 4. The third-order valence-electron chi connectivity index (χ3n) is 5.78. The minimum Gasteiger partial charge on any atom is -0.507 e. The van der Waals surface area contributed by atoms with E-state index in [2.05, 4.69) is 15.9 Å².